The monoisotopic (exact) mass is 488 g/mol. The van der Waals surface area contributed by atoms with Crippen molar-refractivity contribution in [3.8, 4) is 11.5 Å². The largest absolute Gasteiger partial charge is 0.463 e. The van der Waals surface area contributed by atoms with Crippen LogP contribution in [0.25, 0.3) is 22.6 Å². The molecule has 0 amide bonds. The van der Waals surface area contributed by atoms with Gasteiger partial charge in [-0.1, -0.05) is 18.9 Å². The van der Waals surface area contributed by atoms with Gasteiger partial charge in [0.25, 0.3) is 0 Å². The van der Waals surface area contributed by atoms with Gasteiger partial charge in [0, 0.05) is 51.5 Å². The molecular weight excluding hydrogens is 456 g/mol. The molecule has 0 aromatic carbocycles. The zero-order valence-electron chi connectivity index (χ0n) is 20.4. The first-order chi connectivity index (χ1) is 17.8. The number of furan rings is 1. The highest BCUT2D eigenvalue weighted by Crippen LogP contribution is 2.33. The average molecular weight is 489 g/mol. The highest BCUT2D eigenvalue weighted by Gasteiger charge is 2.24. The minimum absolute atomic E-state index is 0.189. The molecule has 36 heavy (non-hydrogen) atoms. The number of hydrogen-bond donors (Lipinski definition) is 2. The summed E-state index contributed by atoms with van der Waals surface area (Å²) >= 11 is 0. The maximum atomic E-state index is 9.28. The molecule has 1 aliphatic carbocycles. The Kier molecular flexibility index (Phi) is 6.52. The summed E-state index contributed by atoms with van der Waals surface area (Å²) in [5.74, 6) is 2.24. The van der Waals surface area contributed by atoms with Crippen LogP contribution in [0, 0.1) is 0 Å². The van der Waals surface area contributed by atoms with E-state index < -0.39 is 0 Å². The lowest BCUT2D eigenvalue weighted by molar-refractivity contribution is 0.188. The molecule has 4 aromatic rings. The highest BCUT2D eigenvalue weighted by atomic mass is 16.3. The number of pyridine rings is 1. The molecule has 2 aliphatic rings. The summed E-state index contributed by atoms with van der Waals surface area (Å²) in [7, 11) is 0. The molecule has 0 radical (unpaired) electrons. The van der Waals surface area contributed by atoms with E-state index in [0.717, 1.165) is 66.1 Å². The third-order valence-electron chi connectivity index (χ3n) is 7.26. The van der Waals surface area contributed by atoms with Crippen molar-refractivity contribution in [1.82, 2.24) is 29.4 Å². The van der Waals surface area contributed by atoms with Gasteiger partial charge in [-0.15, -0.1) is 0 Å². The SMILES string of the molecule is OCCN1CCN(c2nc(NCc3ccc(-c4ccco4)nc3)c3ncn(C4CCCC4)c3n2)CC1. The minimum atomic E-state index is 0.189. The first kappa shape index (κ1) is 22.9. The van der Waals surface area contributed by atoms with Gasteiger partial charge in [0.15, 0.2) is 22.7 Å². The van der Waals surface area contributed by atoms with Crippen LogP contribution in [0.3, 0.4) is 0 Å². The first-order valence-electron chi connectivity index (χ1n) is 12.8. The minimum Gasteiger partial charge on any atom is -0.463 e. The van der Waals surface area contributed by atoms with Gasteiger partial charge in [-0.2, -0.15) is 9.97 Å². The lowest BCUT2D eigenvalue weighted by atomic mass is 10.2. The van der Waals surface area contributed by atoms with Crippen molar-refractivity contribution in [2.45, 2.75) is 38.3 Å². The molecule has 4 aromatic heterocycles. The zero-order valence-corrected chi connectivity index (χ0v) is 20.4. The van der Waals surface area contributed by atoms with Gasteiger partial charge in [-0.25, -0.2) is 4.98 Å². The van der Waals surface area contributed by atoms with Crippen LogP contribution in [0.2, 0.25) is 0 Å². The van der Waals surface area contributed by atoms with Gasteiger partial charge in [-0.05, 0) is 36.6 Å². The Morgan fingerprint density at radius 1 is 1.03 bits per heavy atom. The number of anilines is 2. The molecular formula is C26H32N8O2. The van der Waals surface area contributed by atoms with Crippen LogP contribution in [0.4, 0.5) is 11.8 Å². The van der Waals surface area contributed by atoms with Crippen molar-refractivity contribution < 1.29 is 9.52 Å². The number of nitrogens with one attached hydrogen (secondary N) is 1. The second-order valence-corrected chi connectivity index (χ2v) is 9.57. The first-order valence-corrected chi connectivity index (χ1v) is 12.8. The number of nitrogens with zero attached hydrogens (tertiary/aromatic N) is 7. The number of aliphatic hydroxyl groups excluding tert-OH is 1. The molecule has 1 saturated carbocycles. The summed E-state index contributed by atoms with van der Waals surface area (Å²) in [6.45, 7) is 4.93. The number of fused-ring (bicyclic) bond motifs is 1. The highest BCUT2D eigenvalue weighted by molar-refractivity contribution is 5.84. The maximum absolute atomic E-state index is 9.28. The van der Waals surface area contributed by atoms with Gasteiger partial charge in [0.1, 0.15) is 5.69 Å². The third-order valence-corrected chi connectivity index (χ3v) is 7.26. The van der Waals surface area contributed by atoms with Crippen LogP contribution < -0.4 is 10.2 Å². The fraction of sp³-hybridized carbons (Fsp3) is 0.462. The number of aliphatic hydroxyl groups is 1. The van der Waals surface area contributed by atoms with E-state index in [-0.39, 0.29) is 6.61 Å². The second kappa shape index (κ2) is 10.2. The van der Waals surface area contributed by atoms with Gasteiger partial charge in [0.2, 0.25) is 5.95 Å². The Morgan fingerprint density at radius 2 is 1.89 bits per heavy atom. The zero-order chi connectivity index (χ0) is 24.3. The van der Waals surface area contributed by atoms with Crippen LogP contribution in [-0.2, 0) is 6.54 Å². The molecule has 2 fully saturated rings. The molecule has 1 aliphatic heterocycles. The number of aromatic nitrogens is 5. The summed E-state index contributed by atoms with van der Waals surface area (Å²) < 4.78 is 7.70. The molecule has 188 valence electrons. The summed E-state index contributed by atoms with van der Waals surface area (Å²) in [4.78, 5) is 23.7. The summed E-state index contributed by atoms with van der Waals surface area (Å²) in [5, 5.41) is 12.8. The number of hydrogen-bond acceptors (Lipinski definition) is 9. The van der Waals surface area contributed by atoms with Crippen molar-refractivity contribution in [3.05, 3.63) is 48.6 Å². The quantitative estimate of drug-likeness (QED) is 0.386. The Hall–Kier alpha value is -3.50. The molecule has 6 rings (SSSR count). The molecule has 1 saturated heterocycles. The number of β-amino-alcohol motifs (C(OH)–C–C–N with tert-alkyl or cyclic N) is 1. The van der Waals surface area contributed by atoms with Crippen LogP contribution in [0.1, 0.15) is 37.3 Å². The Balaban J connectivity index is 1.26. The van der Waals surface area contributed by atoms with E-state index >= 15 is 0 Å². The van der Waals surface area contributed by atoms with Crippen molar-refractivity contribution in [2.75, 3.05) is 49.5 Å². The molecule has 5 heterocycles. The van der Waals surface area contributed by atoms with E-state index in [2.05, 4.69) is 30.7 Å². The maximum Gasteiger partial charge on any atom is 0.229 e. The van der Waals surface area contributed by atoms with Gasteiger partial charge < -0.3 is 24.3 Å². The van der Waals surface area contributed by atoms with E-state index in [1.165, 1.54) is 25.7 Å². The fourth-order valence-electron chi connectivity index (χ4n) is 5.22. The lowest BCUT2D eigenvalue weighted by Crippen LogP contribution is -2.47. The number of piperazine rings is 1. The Bertz CT molecular complexity index is 1270. The van der Waals surface area contributed by atoms with Crippen molar-refractivity contribution in [3.63, 3.8) is 0 Å². The Morgan fingerprint density at radius 3 is 2.61 bits per heavy atom. The van der Waals surface area contributed by atoms with Crippen molar-refractivity contribution in [2.24, 2.45) is 0 Å². The average Bonchev–Trinajstić information content (AvgIpc) is 3.70. The normalized spacial score (nSPS) is 17.3. The predicted octanol–water partition coefficient (Wildman–Crippen LogP) is 3.32. The molecule has 0 spiro atoms. The Labute approximate surface area is 210 Å². The standard InChI is InChI=1S/C26H32N8O2/c35-14-13-32-9-11-33(12-10-32)26-30-24(23-25(31-26)34(18-29-23)20-4-1-2-5-20)28-17-19-7-8-21(27-16-19)22-6-3-15-36-22/h3,6-8,15-16,18,20,35H,1-2,4-5,9-14,17H2,(H,28,30,31). The van der Waals surface area contributed by atoms with Crippen LogP contribution in [-0.4, -0.2) is 73.8 Å². The van der Waals surface area contributed by atoms with Crippen molar-refractivity contribution >= 4 is 22.9 Å². The molecule has 0 atom stereocenters. The predicted molar refractivity (Wildman–Crippen MR) is 138 cm³/mol. The number of imidazole rings is 1. The van der Waals surface area contributed by atoms with Crippen LogP contribution in [0.15, 0.2) is 47.5 Å². The van der Waals surface area contributed by atoms with E-state index in [0.29, 0.717) is 19.1 Å². The lowest BCUT2D eigenvalue weighted by Gasteiger charge is -2.34. The summed E-state index contributed by atoms with van der Waals surface area (Å²) in [5.41, 5.74) is 3.57. The van der Waals surface area contributed by atoms with Crippen LogP contribution >= 0.6 is 0 Å². The molecule has 0 unspecified atom stereocenters. The molecule has 0 bridgehead atoms. The van der Waals surface area contributed by atoms with Crippen molar-refractivity contribution in [1.29, 1.82) is 0 Å². The molecule has 10 heteroatoms. The van der Waals surface area contributed by atoms with E-state index in [1.807, 2.05) is 30.7 Å². The van der Waals surface area contributed by atoms with Gasteiger partial charge in [-0.3, -0.25) is 9.88 Å². The second-order valence-electron chi connectivity index (χ2n) is 9.57. The topological polar surface area (TPSA) is 108 Å². The summed E-state index contributed by atoms with van der Waals surface area (Å²) in [6, 6.07) is 8.24. The smallest absolute Gasteiger partial charge is 0.229 e. The van der Waals surface area contributed by atoms with Gasteiger partial charge >= 0.3 is 0 Å². The number of rotatable bonds is 8. The molecule has 2 N–H and O–H groups in total. The van der Waals surface area contributed by atoms with Gasteiger partial charge in [0.05, 0.1) is 19.2 Å². The fourth-order valence-corrected chi connectivity index (χ4v) is 5.22. The van der Waals surface area contributed by atoms with Crippen LogP contribution in [0.5, 0.6) is 0 Å². The van der Waals surface area contributed by atoms with E-state index in [4.69, 9.17) is 19.4 Å². The van der Waals surface area contributed by atoms with E-state index in [1.54, 1.807) is 6.26 Å². The van der Waals surface area contributed by atoms with E-state index in [9.17, 15) is 5.11 Å². The molecule has 10 nitrogen and oxygen atoms in total. The summed E-state index contributed by atoms with van der Waals surface area (Å²) in [6.07, 6.45) is 10.3. The third kappa shape index (κ3) is 4.66.